The maximum atomic E-state index is 12.2. The third kappa shape index (κ3) is 4.57. The van der Waals surface area contributed by atoms with Gasteiger partial charge in [-0.1, -0.05) is 12.1 Å². The van der Waals surface area contributed by atoms with Gasteiger partial charge in [0.05, 0.1) is 19.3 Å². The van der Waals surface area contributed by atoms with Crippen molar-refractivity contribution in [1.82, 2.24) is 0 Å². The Hall–Kier alpha value is -2.86. The fourth-order valence-electron chi connectivity index (χ4n) is 1.92. The zero-order valence-corrected chi connectivity index (χ0v) is 13.5. The van der Waals surface area contributed by atoms with Gasteiger partial charge in [-0.05, 0) is 36.4 Å². The van der Waals surface area contributed by atoms with E-state index in [0.29, 0.717) is 24.5 Å². The van der Waals surface area contributed by atoms with E-state index in [2.05, 4.69) is 4.74 Å². The molecule has 0 bridgehead atoms. The first-order valence-electron chi connectivity index (χ1n) is 7.27. The lowest BCUT2D eigenvalue weighted by molar-refractivity contribution is 0.0593. The molecule has 0 aliphatic carbocycles. The Morgan fingerprint density at radius 2 is 1.58 bits per heavy atom. The van der Waals surface area contributed by atoms with Gasteiger partial charge in [0.15, 0.2) is 0 Å². The molecule has 0 radical (unpaired) electrons. The van der Waals surface area contributed by atoms with Crippen LogP contribution in [0, 0.1) is 0 Å². The highest BCUT2D eigenvalue weighted by Gasteiger charge is 2.16. The summed E-state index contributed by atoms with van der Waals surface area (Å²) < 4.78 is 20.3. The molecule has 0 spiro atoms. The summed E-state index contributed by atoms with van der Waals surface area (Å²) in [5.41, 5.74) is 0.529. The number of hydrogen-bond donors (Lipinski definition) is 0. The first kappa shape index (κ1) is 17.5. The molecule has 6 nitrogen and oxygen atoms in total. The largest absolute Gasteiger partial charge is 0.491 e. The maximum Gasteiger partial charge on any atom is 0.343 e. The summed E-state index contributed by atoms with van der Waals surface area (Å²) in [6, 6.07) is 12.9. The number of carbonyl (C=O) groups is 2. The quantitative estimate of drug-likeness (QED) is 0.442. The molecular formula is C18H18O6. The van der Waals surface area contributed by atoms with Gasteiger partial charge in [-0.2, -0.15) is 0 Å². The molecule has 0 amide bonds. The summed E-state index contributed by atoms with van der Waals surface area (Å²) >= 11 is 0. The molecule has 2 aromatic carbocycles. The fraction of sp³-hybridized carbons (Fsp3) is 0.222. The molecule has 0 fully saturated rings. The topological polar surface area (TPSA) is 71.1 Å². The summed E-state index contributed by atoms with van der Waals surface area (Å²) in [7, 11) is 2.86. The highest BCUT2D eigenvalue weighted by atomic mass is 16.5. The summed E-state index contributed by atoms with van der Waals surface area (Å²) in [5.74, 6) is -0.372. The second-order valence-corrected chi connectivity index (χ2v) is 4.74. The molecule has 0 aromatic heterocycles. The number of carbonyl (C=O) groups excluding carboxylic acids is 2. The fourth-order valence-corrected chi connectivity index (χ4v) is 1.92. The molecule has 0 aliphatic rings. The molecular weight excluding hydrogens is 312 g/mol. The van der Waals surface area contributed by atoms with Crippen LogP contribution in [0.3, 0.4) is 0 Å². The predicted molar refractivity (Wildman–Crippen MR) is 86.6 cm³/mol. The molecule has 0 N–H and O–H groups in total. The third-order valence-electron chi connectivity index (χ3n) is 3.14. The summed E-state index contributed by atoms with van der Waals surface area (Å²) in [5, 5.41) is 0. The van der Waals surface area contributed by atoms with E-state index in [9.17, 15) is 9.59 Å². The molecule has 0 aliphatic heterocycles. The average Bonchev–Trinajstić information content (AvgIpc) is 2.62. The number of esters is 2. The van der Waals surface area contributed by atoms with Crippen molar-refractivity contribution in [3.05, 3.63) is 59.7 Å². The smallest absolute Gasteiger partial charge is 0.343 e. The van der Waals surface area contributed by atoms with Crippen LogP contribution in [0.4, 0.5) is 0 Å². The predicted octanol–water partition coefficient (Wildman–Crippen LogP) is 2.72. The van der Waals surface area contributed by atoms with Crippen LogP contribution < -0.4 is 9.47 Å². The van der Waals surface area contributed by atoms with Crippen molar-refractivity contribution in [3.63, 3.8) is 0 Å². The van der Waals surface area contributed by atoms with E-state index in [1.165, 1.54) is 19.2 Å². The lowest BCUT2D eigenvalue weighted by atomic mass is 10.2. The van der Waals surface area contributed by atoms with Gasteiger partial charge in [-0.3, -0.25) is 0 Å². The second kappa shape index (κ2) is 8.69. The Kier molecular flexibility index (Phi) is 6.33. The van der Waals surface area contributed by atoms with Gasteiger partial charge in [0.2, 0.25) is 0 Å². The Morgan fingerprint density at radius 1 is 0.875 bits per heavy atom. The number of rotatable bonds is 7. The molecule has 0 saturated heterocycles. The van der Waals surface area contributed by atoms with Crippen LogP contribution in [0.15, 0.2) is 48.5 Å². The molecule has 0 atom stereocenters. The highest BCUT2D eigenvalue weighted by Crippen LogP contribution is 2.21. The highest BCUT2D eigenvalue weighted by molar-refractivity contribution is 5.96. The van der Waals surface area contributed by atoms with Crippen LogP contribution in [0.1, 0.15) is 20.7 Å². The van der Waals surface area contributed by atoms with E-state index < -0.39 is 11.9 Å². The van der Waals surface area contributed by atoms with Gasteiger partial charge in [0.25, 0.3) is 0 Å². The average molecular weight is 330 g/mol. The minimum Gasteiger partial charge on any atom is -0.491 e. The maximum absolute atomic E-state index is 12.2. The minimum absolute atomic E-state index is 0.148. The van der Waals surface area contributed by atoms with Gasteiger partial charge in [0, 0.05) is 7.11 Å². The Bertz CT molecular complexity index is 693. The third-order valence-corrected chi connectivity index (χ3v) is 3.14. The van der Waals surface area contributed by atoms with Crippen LogP contribution >= 0.6 is 0 Å². The van der Waals surface area contributed by atoms with Gasteiger partial charge in [-0.15, -0.1) is 0 Å². The lowest BCUT2D eigenvalue weighted by Gasteiger charge is -2.09. The number of para-hydroxylation sites is 1. The van der Waals surface area contributed by atoms with Crippen LogP contribution in [0.25, 0.3) is 0 Å². The number of hydrogen-bond acceptors (Lipinski definition) is 6. The van der Waals surface area contributed by atoms with E-state index in [0.717, 1.165) is 0 Å². The normalized spacial score (nSPS) is 10.1. The van der Waals surface area contributed by atoms with Gasteiger partial charge in [-0.25, -0.2) is 9.59 Å². The Labute approximate surface area is 139 Å². The van der Waals surface area contributed by atoms with E-state index in [4.69, 9.17) is 14.2 Å². The van der Waals surface area contributed by atoms with Crippen molar-refractivity contribution in [1.29, 1.82) is 0 Å². The zero-order chi connectivity index (χ0) is 17.4. The van der Waals surface area contributed by atoms with Crippen LogP contribution in [0.2, 0.25) is 0 Å². The van der Waals surface area contributed by atoms with E-state index >= 15 is 0 Å². The van der Waals surface area contributed by atoms with Crippen LogP contribution in [-0.2, 0) is 9.47 Å². The summed E-state index contributed by atoms with van der Waals surface area (Å²) in [6.45, 7) is 0.904. The standard InChI is InChI=1S/C18H18O6/c1-21-11-12-23-14-9-7-13(8-10-14)17(19)24-16-6-4-3-5-15(16)18(20)22-2/h3-10H,11-12H2,1-2H3. The van der Waals surface area contributed by atoms with Gasteiger partial charge >= 0.3 is 11.9 Å². The Balaban J connectivity index is 2.06. The van der Waals surface area contributed by atoms with E-state index in [-0.39, 0.29) is 11.3 Å². The second-order valence-electron chi connectivity index (χ2n) is 4.74. The molecule has 0 heterocycles. The number of ether oxygens (including phenoxy) is 4. The lowest BCUT2D eigenvalue weighted by Crippen LogP contribution is -2.12. The molecule has 2 rings (SSSR count). The summed E-state index contributed by atoms with van der Waals surface area (Å²) in [6.07, 6.45) is 0. The molecule has 0 unspecified atom stereocenters. The van der Waals surface area contributed by atoms with Crippen LogP contribution in [-0.4, -0.2) is 39.4 Å². The van der Waals surface area contributed by atoms with Crippen molar-refractivity contribution in [2.45, 2.75) is 0 Å². The number of methoxy groups -OCH3 is 2. The Morgan fingerprint density at radius 3 is 2.25 bits per heavy atom. The monoisotopic (exact) mass is 330 g/mol. The molecule has 2 aromatic rings. The minimum atomic E-state index is -0.574. The molecule has 0 saturated carbocycles. The SMILES string of the molecule is COCCOc1ccc(C(=O)Oc2ccccc2C(=O)OC)cc1. The first-order chi connectivity index (χ1) is 11.7. The molecule has 24 heavy (non-hydrogen) atoms. The van der Waals surface area contributed by atoms with Crippen molar-refractivity contribution in [2.75, 3.05) is 27.4 Å². The van der Waals surface area contributed by atoms with E-state index in [1.807, 2.05) is 0 Å². The zero-order valence-electron chi connectivity index (χ0n) is 13.5. The first-order valence-corrected chi connectivity index (χ1v) is 7.27. The molecule has 126 valence electrons. The van der Waals surface area contributed by atoms with Crippen molar-refractivity contribution in [2.24, 2.45) is 0 Å². The van der Waals surface area contributed by atoms with Crippen molar-refractivity contribution in [3.8, 4) is 11.5 Å². The van der Waals surface area contributed by atoms with Gasteiger partial charge in [0.1, 0.15) is 23.7 Å². The summed E-state index contributed by atoms with van der Waals surface area (Å²) in [4.78, 5) is 23.9. The van der Waals surface area contributed by atoms with Gasteiger partial charge < -0.3 is 18.9 Å². The van der Waals surface area contributed by atoms with Crippen molar-refractivity contribution < 1.29 is 28.5 Å². The van der Waals surface area contributed by atoms with Crippen LogP contribution in [0.5, 0.6) is 11.5 Å². The van der Waals surface area contributed by atoms with Crippen molar-refractivity contribution >= 4 is 11.9 Å². The number of benzene rings is 2. The molecule has 6 heteroatoms. The van der Waals surface area contributed by atoms with E-state index in [1.54, 1.807) is 43.5 Å².